The van der Waals surface area contributed by atoms with Crippen molar-refractivity contribution in [1.29, 1.82) is 0 Å². The number of rotatable bonds is 6. The molecule has 7 heteroatoms. The molecule has 4 aromatic rings. The first-order valence-corrected chi connectivity index (χ1v) is 9.75. The number of H-pyrrole nitrogens is 1. The summed E-state index contributed by atoms with van der Waals surface area (Å²) in [5.74, 6) is 0.485. The summed E-state index contributed by atoms with van der Waals surface area (Å²) in [4.78, 5) is 19.9. The normalized spacial score (nSPS) is 12.3. The minimum absolute atomic E-state index is 0.0388. The van der Waals surface area contributed by atoms with E-state index in [0.717, 1.165) is 16.4 Å². The van der Waals surface area contributed by atoms with Crippen molar-refractivity contribution in [2.75, 3.05) is 12.3 Å². The molecule has 0 spiro atoms. The van der Waals surface area contributed by atoms with E-state index in [-0.39, 0.29) is 17.6 Å². The molecular formula is C20H19N5OS. The number of aromatic nitrogens is 4. The Morgan fingerprint density at radius 3 is 2.74 bits per heavy atom. The first kappa shape index (κ1) is 17.5. The monoisotopic (exact) mass is 377 g/mol. The molecule has 2 aromatic carbocycles. The van der Waals surface area contributed by atoms with E-state index in [1.54, 1.807) is 0 Å². The van der Waals surface area contributed by atoms with Gasteiger partial charge in [-0.3, -0.25) is 4.79 Å². The number of nitrogens with zero attached hydrogens (tertiary/aromatic N) is 3. The fraction of sp³-hybridized carbons (Fsp3) is 0.200. The fourth-order valence-electron chi connectivity index (χ4n) is 2.91. The van der Waals surface area contributed by atoms with Crippen LogP contribution < -0.4 is 5.32 Å². The number of fused-ring (bicyclic) bond motifs is 3. The standard InChI is InChI=1S/C20H19N5OS/c1-13(14-7-3-2-4-8-14)11-21-17(26)12-27-20-23-19-18(24-25-20)15-9-5-6-10-16(15)22-19/h2-10,13H,11-12H2,1H3,(H,21,26)(H,22,23,25)/t13-/m0/s1. The van der Waals surface area contributed by atoms with Crippen LogP contribution in [-0.4, -0.2) is 38.4 Å². The predicted octanol–water partition coefficient (Wildman–Crippen LogP) is 3.52. The van der Waals surface area contributed by atoms with Gasteiger partial charge < -0.3 is 10.3 Å². The molecule has 6 nitrogen and oxygen atoms in total. The molecule has 2 aromatic heterocycles. The number of amides is 1. The number of nitrogens with one attached hydrogen (secondary N) is 2. The van der Waals surface area contributed by atoms with Gasteiger partial charge in [0, 0.05) is 17.4 Å². The third-order valence-corrected chi connectivity index (χ3v) is 5.25. The van der Waals surface area contributed by atoms with Crippen molar-refractivity contribution in [3.63, 3.8) is 0 Å². The van der Waals surface area contributed by atoms with E-state index in [9.17, 15) is 4.79 Å². The van der Waals surface area contributed by atoms with Crippen molar-refractivity contribution in [2.24, 2.45) is 0 Å². The van der Waals surface area contributed by atoms with Gasteiger partial charge in [0.2, 0.25) is 11.1 Å². The van der Waals surface area contributed by atoms with Crippen molar-refractivity contribution in [3.8, 4) is 0 Å². The van der Waals surface area contributed by atoms with Gasteiger partial charge in [-0.1, -0.05) is 67.2 Å². The highest BCUT2D eigenvalue weighted by Gasteiger charge is 2.11. The molecule has 4 rings (SSSR count). The fourth-order valence-corrected chi connectivity index (χ4v) is 3.53. The Hall–Kier alpha value is -2.93. The van der Waals surface area contributed by atoms with Gasteiger partial charge in [0.15, 0.2) is 5.65 Å². The van der Waals surface area contributed by atoms with Gasteiger partial charge >= 0.3 is 0 Å². The van der Waals surface area contributed by atoms with Crippen molar-refractivity contribution in [2.45, 2.75) is 18.0 Å². The molecule has 2 N–H and O–H groups in total. The number of carbonyl (C=O) groups excluding carboxylic acids is 1. The van der Waals surface area contributed by atoms with Gasteiger partial charge in [-0.25, -0.2) is 4.98 Å². The Bertz CT molecular complexity index is 1080. The van der Waals surface area contributed by atoms with Gasteiger partial charge in [0.05, 0.1) is 5.75 Å². The van der Waals surface area contributed by atoms with Crippen LogP contribution in [0.4, 0.5) is 0 Å². The molecule has 0 saturated carbocycles. The van der Waals surface area contributed by atoms with Gasteiger partial charge in [-0.15, -0.1) is 10.2 Å². The second-order valence-corrected chi connectivity index (χ2v) is 7.31. The average Bonchev–Trinajstić information content (AvgIpc) is 3.09. The molecule has 0 aliphatic heterocycles. The Morgan fingerprint density at radius 1 is 1.11 bits per heavy atom. The molecule has 1 amide bonds. The SMILES string of the molecule is C[C@@H](CNC(=O)CSc1nnc2c(n1)[nH]c1ccccc12)c1ccccc1. The number of para-hydroxylation sites is 1. The highest BCUT2D eigenvalue weighted by Crippen LogP contribution is 2.23. The summed E-state index contributed by atoms with van der Waals surface area (Å²) < 4.78 is 0. The number of aromatic amines is 1. The number of benzene rings is 2. The highest BCUT2D eigenvalue weighted by atomic mass is 32.2. The quantitative estimate of drug-likeness (QED) is 0.502. The Morgan fingerprint density at radius 2 is 1.89 bits per heavy atom. The van der Waals surface area contributed by atoms with E-state index in [1.807, 2.05) is 42.5 Å². The van der Waals surface area contributed by atoms with Crippen LogP contribution in [0.2, 0.25) is 0 Å². The number of carbonyl (C=O) groups is 1. The summed E-state index contributed by atoms with van der Waals surface area (Å²) in [5.41, 5.74) is 3.62. The van der Waals surface area contributed by atoms with Crippen LogP contribution in [0.3, 0.4) is 0 Å². The average molecular weight is 377 g/mol. The second-order valence-electron chi connectivity index (χ2n) is 6.37. The lowest BCUT2D eigenvalue weighted by Crippen LogP contribution is -2.29. The third kappa shape index (κ3) is 3.93. The lowest BCUT2D eigenvalue weighted by molar-refractivity contribution is -0.118. The summed E-state index contributed by atoms with van der Waals surface area (Å²) in [6.45, 7) is 2.70. The summed E-state index contributed by atoms with van der Waals surface area (Å²) in [6, 6.07) is 18.0. The van der Waals surface area contributed by atoms with Crippen LogP contribution in [-0.2, 0) is 4.79 Å². The van der Waals surface area contributed by atoms with Crippen LogP contribution in [0.15, 0.2) is 59.8 Å². The van der Waals surface area contributed by atoms with Crippen molar-refractivity contribution >= 4 is 39.7 Å². The zero-order chi connectivity index (χ0) is 18.6. The molecule has 136 valence electrons. The van der Waals surface area contributed by atoms with E-state index in [0.29, 0.717) is 17.3 Å². The second kappa shape index (κ2) is 7.75. The van der Waals surface area contributed by atoms with Crippen LogP contribution in [0.1, 0.15) is 18.4 Å². The number of hydrogen-bond donors (Lipinski definition) is 2. The molecule has 0 fully saturated rings. The molecule has 0 saturated heterocycles. The molecule has 0 radical (unpaired) electrons. The van der Waals surface area contributed by atoms with Crippen LogP contribution in [0.25, 0.3) is 22.1 Å². The molecule has 0 bridgehead atoms. The van der Waals surface area contributed by atoms with Crippen molar-refractivity contribution in [3.05, 3.63) is 60.2 Å². The minimum atomic E-state index is -0.0388. The number of thioether (sulfide) groups is 1. The van der Waals surface area contributed by atoms with E-state index >= 15 is 0 Å². The topological polar surface area (TPSA) is 83.6 Å². The van der Waals surface area contributed by atoms with Gasteiger partial charge in [0.25, 0.3) is 0 Å². The molecule has 0 aliphatic carbocycles. The Kier molecular flexibility index (Phi) is 5.02. The zero-order valence-corrected chi connectivity index (χ0v) is 15.7. The predicted molar refractivity (Wildman–Crippen MR) is 108 cm³/mol. The molecule has 0 aliphatic rings. The van der Waals surface area contributed by atoms with Crippen LogP contribution in [0.5, 0.6) is 0 Å². The third-order valence-electron chi connectivity index (χ3n) is 4.41. The maximum Gasteiger partial charge on any atom is 0.230 e. The summed E-state index contributed by atoms with van der Waals surface area (Å²) >= 11 is 1.28. The van der Waals surface area contributed by atoms with Crippen LogP contribution in [0, 0.1) is 0 Å². The highest BCUT2D eigenvalue weighted by molar-refractivity contribution is 7.99. The first-order chi connectivity index (χ1) is 13.2. The summed E-state index contributed by atoms with van der Waals surface area (Å²) in [5, 5.41) is 12.9. The first-order valence-electron chi connectivity index (χ1n) is 8.76. The smallest absolute Gasteiger partial charge is 0.230 e. The van der Waals surface area contributed by atoms with Crippen molar-refractivity contribution in [1.82, 2.24) is 25.5 Å². The largest absolute Gasteiger partial charge is 0.355 e. The van der Waals surface area contributed by atoms with E-state index < -0.39 is 0 Å². The van der Waals surface area contributed by atoms with Gasteiger partial charge in [-0.2, -0.15) is 0 Å². The molecule has 27 heavy (non-hydrogen) atoms. The lowest BCUT2D eigenvalue weighted by atomic mass is 10.0. The Balaban J connectivity index is 1.35. The van der Waals surface area contributed by atoms with Crippen molar-refractivity contribution < 1.29 is 4.79 Å². The lowest BCUT2D eigenvalue weighted by Gasteiger charge is -2.12. The summed E-state index contributed by atoms with van der Waals surface area (Å²) in [6.07, 6.45) is 0. The van der Waals surface area contributed by atoms with E-state index in [1.165, 1.54) is 17.3 Å². The molecular weight excluding hydrogens is 358 g/mol. The molecule has 1 atom stereocenters. The van der Waals surface area contributed by atoms with E-state index in [2.05, 4.69) is 44.5 Å². The Labute approximate surface area is 160 Å². The van der Waals surface area contributed by atoms with Gasteiger partial charge in [-0.05, 0) is 17.5 Å². The minimum Gasteiger partial charge on any atom is -0.355 e. The molecule has 2 heterocycles. The maximum atomic E-state index is 12.1. The maximum absolute atomic E-state index is 12.1. The summed E-state index contributed by atoms with van der Waals surface area (Å²) in [7, 11) is 0. The zero-order valence-electron chi connectivity index (χ0n) is 14.8. The van der Waals surface area contributed by atoms with Crippen LogP contribution >= 0.6 is 11.8 Å². The number of hydrogen-bond acceptors (Lipinski definition) is 5. The van der Waals surface area contributed by atoms with Gasteiger partial charge in [0.1, 0.15) is 5.52 Å². The molecule has 0 unspecified atom stereocenters. The van der Waals surface area contributed by atoms with E-state index in [4.69, 9.17) is 0 Å².